The van der Waals surface area contributed by atoms with E-state index in [0.29, 0.717) is 5.57 Å². The molecule has 0 saturated heterocycles. The summed E-state index contributed by atoms with van der Waals surface area (Å²) in [4.78, 5) is 11.1. The Morgan fingerprint density at radius 3 is 2.79 bits per heavy atom. The van der Waals surface area contributed by atoms with E-state index in [1.807, 2.05) is 6.08 Å². The Hall–Kier alpha value is -1.31. The molecule has 1 fully saturated rings. The van der Waals surface area contributed by atoms with Crippen molar-refractivity contribution in [2.45, 2.75) is 19.3 Å². The lowest BCUT2D eigenvalue weighted by Gasteiger charge is -2.25. The number of rotatable bonds is 3. The number of fused-ring (bicyclic) bond motifs is 2. The second kappa shape index (κ2) is 2.84. The predicted molar refractivity (Wildman–Crippen MR) is 54.8 cm³/mol. The van der Waals surface area contributed by atoms with Gasteiger partial charge in [-0.1, -0.05) is 18.7 Å². The van der Waals surface area contributed by atoms with Crippen molar-refractivity contribution in [2.75, 3.05) is 0 Å². The molecule has 74 valence electrons. The zero-order valence-corrected chi connectivity index (χ0v) is 8.12. The van der Waals surface area contributed by atoms with Gasteiger partial charge in [-0.05, 0) is 30.8 Å². The van der Waals surface area contributed by atoms with Gasteiger partial charge in [-0.3, -0.25) is 0 Å². The summed E-state index contributed by atoms with van der Waals surface area (Å²) >= 11 is 0. The van der Waals surface area contributed by atoms with E-state index in [9.17, 15) is 4.79 Å². The standard InChI is InChI=1S/C12H14O2/c1-3-9-10(11(13)14)8-5-6-12(9,4-2)7-8/h3-4,8H,1-2,5-7H2,(H,13,14). The summed E-state index contributed by atoms with van der Waals surface area (Å²) in [6, 6.07) is 0. The summed E-state index contributed by atoms with van der Waals surface area (Å²) in [7, 11) is 0. The Labute approximate surface area is 83.6 Å². The molecule has 2 unspecified atom stereocenters. The first kappa shape index (κ1) is 9.25. The molecule has 0 spiro atoms. The van der Waals surface area contributed by atoms with Gasteiger partial charge in [0.05, 0.1) is 0 Å². The minimum absolute atomic E-state index is 0.0832. The van der Waals surface area contributed by atoms with E-state index in [-0.39, 0.29) is 11.3 Å². The largest absolute Gasteiger partial charge is 0.478 e. The lowest BCUT2D eigenvalue weighted by Crippen LogP contribution is -2.16. The van der Waals surface area contributed by atoms with E-state index in [0.717, 1.165) is 24.8 Å². The summed E-state index contributed by atoms with van der Waals surface area (Å²) in [5.74, 6) is -0.563. The fourth-order valence-corrected chi connectivity index (χ4v) is 2.95. The van der Waals surface area contributed by atoms with Crippen molar-refractivity contribution in [1.29, 1.82) is 0 Å². The van der Waals surface area contributed by atoms with Crippen LogP contribution in [0.4, 0.5) is 0 Å². The van der Waals surface area contributed by atoms with Gasteiger partial charge in [0.15, 0.2) is 0 Å². The van der Waals surface area contributed by atoms with Crippen LogP contribution in [0, 0.1) is 11.3 Å². The highest BCUT2D eigenvalue weighted by molar-refractivity contribution is 5.90. The Balaban J connectivity index is 2.56. The van der Waals surface area contributed by atoms with Crippen LogP contribution in [-0.2, 0) is 4.79 Å². The number of carbonyl (C=O) groups is 1. The van der Waals surface area contributed by atoms with Gasteiger partial charge in [0.25, 0.3) is 0 Å². The van der Waals surface area contributed by atoms with Crippen molar-refractivity contribution in [3.05, 3.63) is 36.5 Å². The maximum absolute atomic E-state index is 11.1. The van der Waals surface area contributed by atoms with Gasteiger partial charge in [-0.25, -0.2) is 4.79 Å². The number of carboxylic acids is 1. The van der Waals surface area contributed by atoms with Gasteiger partial charge in [-0.2, -0.15) is 0 Å². The van der Waals surface area contributed by atoms with E-state index in [1.54, 1.807) is 6.08 Å². The maximum atomic E-state index is 11.1. The minimum Gasteiger partial charge on any atom is -0.478 e. The van der Waals surface area contributed by atoms with Gasteiger partial charge in [0.1, 0.15) is 0 Å². The molecule has 2 rings (SSSR count). The van der Waals surface area contributed by atoms with Crippen LogP contribution < -0.4 is 0 Å². The summed E-state index contributed by atoms with van der Waals surface area (Å²) < 4.78 is 0. The van der Waals surface area contributed by atoms with Crippen LogP contribution in [0.3, 0.4) is 0 Å². The van der Waals surface area contributed by atoms with E-state index in [1.165, 1.54) is 0 Å². The first-order valence-corrected chi connectivity index (χ1v) is 4.88. The first-order chi connectivity index (χ1) is 6.64. The Morgan fingerprint density at radius 1 is 1.57 bits per heavy atom. The van der Waals surface area contributed by atoms with Gasteiger partial charge in [-0.15, -0.1) is 6.58 Å². The topological polar surface area (TPSA) is 37.3 Å². The van der Waals surface area contributed by atoms with Crippen LogP contribution in [0.5, 0.6) is 0 Å². The SMILES string of the molecule is C=CC1=C(C(=O)O)C2CCC1(C=C)C2. The molecule has 2 aliphatic carbocycles. The summed E-state index contributed by atoms with van der Waals surface area (Å²) in [5.41, 5.74) is 1.39. The van der Waals surface area contributed by atoms with Gasteiger partial charge in [0, 0.05) is 11.0 Å². The average molecular weight is 190 g/mol. The van der Waals surface area contributed by atoms with Crippen LogP contribution in [0.1, 0.15) is 19.3 Å². The summed E-state index contributed by atoms with van der Waals surface area (Å²) in [5, 5.41) is 9.11. The van der Waals surface area contributed by atoms with Crippen LogP contribution in [-0.4, -0.2) is 11.1 Å². The minimum atomic E-state index is -0.784. The highest BCUT2D eigenvalue weighted by Crippen LogP contribution is 2.58. The van der Waals surface area contributed by atoms with Gasteiger partial charge < -0.3 is 5.11 Å². The Bertz CT molecular complexity index is 351. The zero-order chi connectivity index (χ0) is 10.3. The molecule has 2 heteroatoms. The molecule has 0 aromatic heterocycles. The van der Waals surface area contributed by atoms with Crippen molar-refractivity contribution in [2.24, 2.45) is 11.3 Å². The molecule has 1 N–H and O–H groups in total. The molecule has 0 heterocycles. The monoisotopic (exact) mass is 190 g/mol. The molecule has 2 aliphatic rings. The molecule has 0 amide bonds. The molecule has 1 saturated carbocycles. The average Bonchev–Trinajstić information content (AvgIpc) is 2.72. The second-order valence-corrected chi connectivity index (χ2v) is 4.14. The number of carboxylic acid groups (broad SMARTS) is 1. The molecule has 0 aromatic rings. The smallest absolute Gasteiger partial charge is 0.332 e. The fourth-order valence-electron chi connectivity index (χ4n) is 2.95. The highest BCUT2D eigenvalue weighted by atomic mass is 16.4. The van der Waals surface area contributed by atoms with Gasteiger partial charge in [0.2, 0.25) is 0 Å². The van der Waals surface area contributed by atoms with E-state index < -0.39 is 5.97 Å². The fraction of sp³-hybridized carbons (Fsp3) is 0.417. The highest BCUT2D eigenvalue weighted by Gasteiger charge is 2.49. The molecule has 2 bridgehead atoms. The van der Waals surface area contributed by atoms with E-state index >= 15 is 0 Å². The summed E-state index contributed by atoms with van der Waals surface area (Å²) in [6.07, 6.45) is 6.52. The molecule has 2 atom stereocenters. The number of hydrogen-bond acceptors (Lipinski definition) is 1. The summed E-state index contributed by atoms with van der Waals surface area (Å²) in [6.45, 7) is 7.55. The number of hydrogen-bond donors (Lipinski definition) is 1. The van der Waals surface area contributed by atoms with Crippen LogP contribution >= 0.6 is 0 Å². The van der Waals surface area contributed by atoms with Gasteiger partial charge >= 0.3 is 5.97 Å². The molecule has 14 heavy (non-hydrogen) atoms. The lowest BCUT2D eigenvalue weighted by atomic mass is 9.79. The quantitative estimate of drug-likeness (QED) is 0.694. The van der Waals surface area contributed by atoms with E-state index in [4.69, 9.17) is 5.11 Å². The molecular weight excluding hydrogens is 176 g/mol. The lowest BCUT2D eigenvalue weighted by molar-refractivity contribution is -0.133. The molecule has 0 aromatic carbocycles. The van der Waals surface area contributed by atoms with Crippen LogP contribution in [0.15, 0.2) is 36.5 Å². The zero-order valence-electron chi connectivity index (χ0n) is 8.12. The van der Waals surface area contributed by atoms with Crippen molar-refractivity contribution >= 4 is 5.97 Å². The number of allylic oxidation sites excluding steroid dienone is 3. The van der Waals surface area contributed by atoms with Crippen molar-refractivity contribution in [3.63, 3.8) is 0 Å². The molecular formula is C12H14O2. The van der Waals surface area contributed by atoms with Crippen LogP contribution in [0.25, 0.3) is 0 Å². The third-order valence-electron chi connectivity index (χ3n) is 3.61. The Morgan fingerprint density at radius 2 is 2.29 bits per heavy atom. The van der Waals surface area contributed by atoms with E-state index in [2.05, 4.69) is 13.2 Å². The first-order valence-electron chi connectivity index (χ1n) is 4.88. The van der Waals surface area contributed by atoms with Crippen molar-refractivity contribution < 1.29 is 9.90 Å². The predicted octanol–water partition coefficient (Wildman–Crippen LogP) is 2.54. The maximum Gasteiger partial charge on any atom is 0.332 e. The molecule has 0 aliphatic heterocycles. The number of aliphatic carboxylic acids is 1. The third kappa shape index (κ3) is 0.939. The normalized spacial score (nSPS) is 34.7. The van der Waals surface area contributed by atoms with Crippen molar-refractivity contribution in [3.8, 4) is 0 Å². The Kier molecular flexibility index (Phi) is 1.88. The van der Waals surface area contributed by atoms with Crippen LogP contribution in [0.2, 0.25) is 0 Å². The second-order valence-electron chi connectivity index (χ2n) is 4.14. The molecule has 2 nitrogen and oxygen atoms in total. The molecule has 0 radical (unpaired) electrons. The third-order valence-corrected chi connectivity index (χ3v) is 3.61. The van der Waals surface area contributed by atoms with Crippen molar-refractivity contribution in [1.82, 2.24) is 0 Å².